The largest absolute Gasteiger partial charge is 0.296 e. The van der Waals surface area contributed by atoms with Crippen molar-refractivity contribution < 1.29 is 9.59 Å². The maximum atomic E-state index is 10.8. The first-order chi connectivity index (χ1) is 4.49. The summed E-state index contributed by atoms with van der Waals surface area (Å²) in [4.78, 5) is 21.5. The van der Waals surface area contributed by atoms with E-state index in [1.54, 1.807) is 0 Å². The Kier molecular flexibility index (Phi) is 3.74. The van der Waals surface area contributed by atoms with Crippen LogP contribution in [0.15, 0.2) is 0 Å². The molecule has 0 saturated carbocycles. The molecule has 2 amide bonds. The van der Waals surface area contributed by atoms with Crippen LogP contribution < -0.4 is 5.32 Å². The van der Waals surface area contributed by atoms with E-state index in [9.17, 15) is 9.59 Å². The summed E-state index contributed by atoms with van der Waals surface area (Å²) in [7, 11) is 0. The summed E-state index contributed by atoms with van der Waals surface area (Å²) in [5.41, 5.74) is -0.139. The van der Waals surface area contributed by atoms with Gasteiger partial charge < -0.3 is 0 Å². The van der Waals surface area contributed by atoms with E-state index in [4.69, 9.17) is 0 Å². The number of rotatable bonds is 0. The SMILES string of the molecule is CC1(C)CC(=O)NC(=O)C1.[Na]. The van der Waals surface area contributed by atoms with Gasteiger partial charge in [-0.05, 0) is 5.41 Å². The van der Waals surface area contributed by atoms with Crippen molar-refractivity contribution in [3.05, 3.63) is 0 Å². The Morgan fingerprint density at radius 3 is 1.82 bits per heavy atom. The summed E-state index contributed by atoms with van der Waals surface area (Å²) < 4.78 is 0. The number of imide groups is 1. The Morgan fingerprint density at radius 1 is 1.18 bits per heavy atom. The van der Waals surface area contributed by atoms with Crippen LogP contribution in [-0.2, 0) is 9.59 Å². The molecule has 1 aliphatic rings. The molecule has 0 unspecified atom stereocenters. The molecule has 1 heterocycles. The standard InChI is InChI=1S/C7H11NO2.Na/c1-7(2)3-5(9)8-6(10)4-7;/h3-4H2,1-2H3,(H,8,9,10);. The van der Waals surface area contributed by atoms with Crippen molar-refractivity contribution in [3.8, 4) is 0 Å². The van der Waals surface area contributed by atoms with Crippen molar-refractivity contribution in [2.45, 2.75) is 26.7 Å². The van der Waals surface area contributed by atoms with Crippen molar-refractivity contribution in [2.75, 3.05) is 0 Å². The molecule has 3 nitrogen and oxygen atoms in total. The molecule has 0 aromatic heterocycles. The summed E-state index contributed by atoms with van der Waals surface area (Å²) >= 11 is 0. The van der Waals surface area contributed by atoms with Crippen molar-refractivity contribution in [3.63, 3.8) is 0 Å². The van der Waals surface area contributed by atoms with Crippen molar-refractivity contribution in [1.29, 1.82) is 0 Å². The van der Waals surface area contributed by atoms with Crippen LogP contribution in [0.5, 0.6) is 0 Å². The fraction of sp³-hybridized carbons (Fsp3) is 0.714. The number of piperidine rings is 1. The van der Waals surface area contributed by atoms with Crippen LogP contribution in [0.1, 0.15) is 26.7 Å². The normalized spacial score (nSPS) is 22.0. The molecule has 0 atom stereocenters. The quantitative estimate of drug-likeness (QED) is 0.406. The molecule has 11 heavy (non-hydrogen) atoms. The van der Waals surface area contributed by atoms with E-state index in [0.717, 1.165) is 0 Å². The van der Waals surface area contributed by atoms with Crippen LogP contribution in [0.2, 0.25) is 0 Å². The van der Waals surface area contributed by atoms with Gasteiger partial charge in [-0.3, -0.25) is 14.9 Å². The topological polar surface area (TPSA) is 46.2 Å². The van der Waals surface area contributed by atoms with E-state index in [0.29, 0.717) is 12.8 Å². The molecule has 0 bridgehead atoms. The fourth-order valence-electron chi connectivity index (χ4n) is 1.18. The van der Waals surface area contributed by atoms with Gasteiger partial charge in [0.2, 0.25) is 11.8 Å². The molecule has 1 N–H and O–H groups in total. The van der Waals surface area contributed by atoms with Crippen LogP contribution in [0.3, 0.4) is 0 Å². The number of hydrogen-bond donors (Lipinski definition) is 1. The van der Waals surface area contributed by atoms with E-state index in [1.807, 2.05) is 13.8 Å². The van der Waals surface area contributed by atoms with Gasteiger partial charge >= 0.3 is 0 Å². The maximum absolute atomic E-state index is 10.8. The molecule has 4 heteroatoms. The van der Waals surface area contributed by atoms with E-state index >= 15 is 0 Å². The summed E-state index contributed by atoms with van der Waals surface area (Å²) in [6.07, 6.45) is 0.914. The minimum atomic E-state index is -0.152. The van der Waals surface area contributed by atoms with Gasteiger partial charge in [-0.25, -0.2) is 0 Å². The Morgan fingerprint density at radius 2 is 1.55 bits per heavy atom. The van der Waals surface area contributed by atoms with Crippen molar-refractivity contribution in [1.82, 2.24) is 5.32 Å². The zero-order chi connectivity index (χ0) is 7.78. The average Bonchev–Trinajstić information content (AvgIpc) is 1.54. The third kappa shape index (κ3) is 3.36. The molecule has 57 valence electrons. The van der Waals surface area contributed by atoms with E-state index in [1.165, 1.54) is 0 Å². The van der Waals surface area contributed by atoms with Crippen LogP contribution in [0.25, 0.3) is 0 Å². The van der Waals surface area contributed by atoms with Crippen molar-refractivity contribution in [2.24, 2.45) is 5.41 Å². The minimum Gasteiger partial charge on any atom is -0.296 e. The zero-order valence-corrected chi connectivity index (χ0v) is 9.23. The Bertz CT molecular complexity index is 171. The monoisotopic (exact) mass is 164 g/mol. The first-order valence-electron chi connectivity index (χ1n) is 3.32. The predicted molar refractivity (Wildman–Crippen MR) is 41.9 cm³/mol. The summed E-state index contributed by atoms with van der Waals surface area (Å²) in [5.74, 6) is -0.303. The third-order valence-corrected chi connectivity index (χ3v) is 1.56. The van der Waals surface area contributed by atoms with E-state index in [2.05, 4.69) is 5.32 Å². The van der Waals surface area contributed by atoms with Crippen LogP contribution >= 0.6 is 0 Å². The molecule has 1 aliphatic heterocycles. The van der Waals surface area contributed by atoms with Gasteiger partial charge in [-0.1, -0.05) is 13.8 Å². The Balaban J connectivity index is 0.000001000. The van der Waals surface area contributed by atoms with Gasteiger partial charge in [-0.2, -0.15) is 0 Å². The van der Waals surface area contributed by atoms with Gasteiger partial charge in [0.15, 0.2) is 0 Å². The Labute approximate surface area is 88.2 Å². The number of carbonyl (C=O) groups is 2. The second-order valence-electron chi connectivity index (χ2n) is 3.49. The van der Waals surface area contributed by atoms with Gasteiger partial charge in [0.25, 0.3) is 0 Å². The molecule has 0 aliphatic carbocycles. The first kappa shape index (κ1) is 11.1. The second kappa shape index (κ2) is 3.70. The summed E-state index contributed by atoms with van der Waals surface area (Å²) in [6, 6.07) is 0. The Hall–Kier alpha value is 0.140. The van der Waals surface area contributed by atoms with Gasteiger partial charge in [0.05, 0.1) is 0 Å². The fourth-order valence-corrected chi connectivity index (χ4v) is 1.18. The van der Waals surface area contributed by atoms with Crippen LogP contribution in [0, 0.1) is 5.41 Å². The van der Waals surface area contributed by atoms with Crippen LogP contribution in [-0.4, -0.2) is 41.4 Å². The molecule has 1 fully saturated rings. The van der Waals surface area contributed by atoms with E-state index < -0.39 is 0 Å². The van der Waals surface area contributed by atoms with Crippen molar-refractivity contribution >= 4 is 41.4 Å². The summed E-state index contributed by atoms with van der Waals surface area (Å²) in [6.45, 7) is 3.84. The van der Waals surface area contributed by atoms with Gasteiger partial charge in [0, 0.05) is 42.4 Å². The maximum Gasteiger partial charge on any atom is 0.227 e. The molecular weight excluding hydrogens is 153 g/mol. The number of amides is 2. The molecule has 1 saturated heterocycles. The van der Waals surface area contributed by atoms with Gasteiger partial charge in [-0.15, -0.1) is 0 Å². The average molecular weight is 164 g/mol. The molecule has 0 aromatic carbocycles. The number of hydrogen-bond acceptors (Lipinski definition) is 2. The molecule has 0 aromatic rings. The smallest absolute Gasteiger partial charge is 0.227 e. The van der Waals surface area contributed by atoms with Gasteiger partial charge in [0.1, 0.15) is 0 Å². The minimum absolute atomic E-state index is 0. The first-order valence-corrected chi connectivity index (χ1v) is 3.32. The molecule has 0 spiro atoms. The second-order valence-corrected chi connectivity index (χ2v) is 3.49. The summed E-state index contributed by atoms with van der Waals surface area (Å²) in [5, 5.41) is 2.26. The third-order valence-electron chi connectivity index (χ3n) is 1.56. The van der Waals surface area contributed by atoms with Crippen LogP contribution in [0.4, 0.5) is 0 Å². The molecular formula is C7H11NNaO2. The number of nitrogens with one attached hydrogen (secondary N) is 1. The predicted octanol–water partition coefficient (Wildman–Crippen LogP) is 0.0684. The number of carbonyl (C=O) groups excluding carboxylic acids is 2. The molecule has 1 radical (unpaired) electrons. The zero-order valence-electron chi connectivity index (χ0n) is 7.23. The molecule has 1 rings (SSSR count). The van der Waals surface area contributed by atoms with E-state index in [-0.39, 0.29) is 46.8 Å².